The van der Waals surface area contributed by atoms with Crippen molar-refractivity contribution in [1.29, 1.82) is 0 Å². The van der Waals surface area contributed by atoms with E-state index in [2.05, 4.69) is 19.1 Å². The Hall–Kier alpha value is 0.0300. The molecule has 0 N–H and O–H groups in total. The molecule has 0 aliphatic heterocycles. The lowest BCUT2D eigenvalue weighted by atomic mass is 10.2. The number of hydrogen-bond donors (Lipinski definition) is 0. The maximum Gasteiger partial charge on any atom is 0.0223 e. The Morgan fingerprint density at radius 1 is 1.22 bits per heavy atom. The Balaban J connectivity index is 2.82. The van der Waals surface area contributed by atoms with Crippen LogP contribution in [0.4, 0.5) is 0 Å². The maximum absolute atomic E-state index is 5.49. The van der Waals surface area contributed by atoms with Crippen molar-refractivity contribution in [1.82, 2.24) is 0 Å². The van der Waals surface area contributed by atoms with Crippen LogP contribution in [0.3, 0.4) is 0 Å². The van der Waals surface area contributed by atoms with Crippen molar-refractivity contribution in [2.75, 3.05) is 5.88 Å². The lowest BCUT2D eigenvalue weighted by molar-refractivity contribution is 0.818. The van der Waals surface area contributed by atoms with Gasteiger partial charge in [0, 0.05) is 5.88 Å². The highest BCUT2D eigenvalue weighted by molar-refractivity contribution is 6.17. The van der Waals surface area contributed by atoms with Crippen molar-refractivity contribution in [2.24, 2.45) is 0 Å². The highest BCUT2D eigenvalue weighted by Gasteiger charge is 1.80. The molecule has 54 valence electrons. The van der Waals surface area contributed by atoms with Crippen molar-refractivity contribution in [2.45, 2.75) is 32.6 Å². The van der Waals surface area contributed by atoms with E-state index in [0.29, 0.717) is 0 Å². The molecule has 1 heteroatoms. The number of halogens is 1. The molecule has 0 nitrogen and oxygen atoms in total. The first-order valence-electron chi connectivity index (χ1n) is 3.62. The molecule has 0 unspecified atom stereocenters. The lowest BCUT2D eigenvalue weighted by Crippen LogP contribution is -1.73. The molecule has 0 spiro atoms. The van der Waals surface area contributed by atoms with Crippen LogP contribution >= 0.6 is 11.6 Å². The molecule has 0 bridgehead atoms. The van der Waals surface area contributed by atoms with Crippen LogP contribution in [0.25, 0.3) is 0 Å². The summed E-state index contributed by atoms with van der Waals surface area (Å²) in [7, 11) is 0. The normalized spacial score (nSPS) is 10.9. The number of unbranched alkanes of at least 4 members (excludes halogenated alkanes) is 2. The highest BCUT2D eigenvalue weighted by atomic mass is 35.5. The topological polar surface area (TPSA) is 0 Å². The van der Waals surface area contributed by atoms with Crippen molar-refractivity contribution in [3.05, 3.63) is 12.2 Å². The smallest absolute Gasteiger partial charge is 0.0223 e. The van der Waals surface area contributed by atoms with Gasteiger partial charge < -0.3 is 0 Å². The molecule has 0 rings (SSSR count). The van der Waals surface area contributed by atoms with E-state index in [1.807, 2.05) is 0 Å². The van der Waals surface area contributed by atoms with Gasteiger partial charge in [0.15, 0.2) is 0 Å². The van der Waals surface area contributed by atoms with Crippen molar-refractivity contribution in [3.8, 4) is 0 Å². The Morgan fingerprint density at radius 3 is 2.56 bits per heavy atom. The lowest BCUT2D eigenvalue weighted by Gasteiger charge is -1.88. The SMILES string of the molecule is CC/C=C/CCCCCl. The fourth-order valence-corrected chi connectivity index (χ4v) is 0.830. The first kappa shape index (κ1) is 9.03. The van der Waals surface area contributed by atoms with Crippen LogP contribution in [-0.4, -0.2) is 5.88 Å². The third-order valence-electron chi connectivity index (χ3n) is 1.16. The molecule has 0 aliphatic carbocycles. The van der Waals surface area contributed by atoms with Crippen molar-refractivity contribution >= 4 is 11.6 Å². The Kier molecular flexibility index (Phi) is 8.06. The van der Waals surface area contributed by atoms with E-state index in [0.717, 1.165) is 18.7 Å². The van der Waals surface area contributed by atoms with Crippen molar-refractivity contribution in [3.63, 3.8) is 0 Å². The van der Waals surface area contributed by atoms with Crippen LogP contribution < -0.4 is 0 Å². The zero-order valence-electron chi connectivity index (χ0n) is 6.07. The highest BCUT2D eigenvalue weighted by Crippen LogP contribution is 1.98. The van der Waals surface area contributed by atoms with Gasteiger partial charge in [-0.25, -0.2) is 0 Å². The van der Waals surface area contributed by atoms with Gasteiger partial charge in [0.25, 0.3) is 0 Å². The number of allylic oxidation sites excluding steroid dienone is 2. The zero-order chi connectivity index (χ0) is 6.95. The van der Waals surface area contributed by atoms with Gasteiger partial charge in [-0.3, -0.25) is 0 Å². The van der Waals surface area contributed by atoms with E-state index in [1.54, 1.807) is 0 Å². The van der Waals surface area contributed by atoms with E-state index < -0.39 is 0 Å². The summed E-state index contributed by atoms with van der Waals surface area (Å²) in [6.45, 7) is 2.15. The molecule has 0 fully saturated rings. The summed E-state index contributed by atoms with van der Waals surface area (Å²) >= 11 is 5.49. The quantitative estimate of drug-likeness (QED) is 0.317. The molecule has 0 aromatic rings. The second kappa shape index (κ2) is 8.03. The summed E-state index contributed by atoms with van der Waals surface area (Å²) in [6, 6.07) is 0. The minimum atomic E-state index is 0.806. The summed E-state index contributed by atoms with van der Waals surface area (Å²) in [6.07, 6.45) is 9.16. The first-order chi connectivity index (χ1) is 4.41. The molecule has 0 atom stereocenters. The van der Waals surface area contributed by atoms with Gasteiger partial charge >= 0.3 is 0 Å². The average molecular weight is 147 g/mol. The average Bonchev–Trinajstić information content (AvgIpc) is 1.89. The van der Waals surface area contributed by atoms with Crippen LogP contribution in [0, 0.1) is 0 Å². The summed E-state index contributed by atoms with van der Waals surface area (Å²) in [5.74, 6) is 0.806. The molecular formula is C8H15Cl. The largest absolute Gasteiger partial charge is 0.127 e. The number of alkyl halides is 1. The van der Waals surface area contributed by atoms with Gasteiger partial charge in [-0.15, -0.1) is 11.6 Å². The van der Waals surface area contributed by atoms with Crippen LogP contribution in [-0.2, 0) is 0 Å². The molecule has 0 aliphatic rings. The van der Waals surface area contributed by atoms with E-state index in [1.165, 1.54) is 12.8 Å². The van der Waals surface area contributed by atoms with Gasteiger partial charge in [0.1, 0.15) is 0 Å². The minimum absolute atomic E-state index is 0.806. The Labute approximate surface area is 62.9 Å². The van der Waals surface area contributed by atoms with Gasteiger partial charge in [-0.1, -0.05) is 19.1 Å². The molecule has 0 saturated heterocycles. The molecule has 0 saturated carbocycles. The van der Waals surface area contributed by atoms with Crippen LogP contribution in [0.1, 0.15) is 32.6 Å². The van der Waals surface area contributed by atoms with Crippen LogP contribution in [0.5, 0.6) is 0 Å². The fourth-order valence-electron chi connectivity index (χ4n) is 0.641. The minimum Gasteiger partial charge on any atom is -0.127 e. The van der Waals surface area contributed by atoms with Crippen LogP contribution in [0.2, 0.25) is 0 Å². The van der Waals surface area contributed by atoms with Crippen LogP contribution in [0.15, 0.2) is 12.2 Å². The molecule has 9 heavy (non-hydrogen) atoms. The summed E-state index contributed by atoms with van der Waals surface area (Å²) < 4.78 is 0. The fraction of sp³-hybridized carbons (Fsp3) is 0.750. The maximum atomic E-state index is 5.49. The summed E-state index contributed by atoms with van der Waals surface area (Å²) in [5, 5.41) is 0. The van der Waals surface area contributed by atoms with Gasteiger partial charge in [-0.2, -0.15) is 0 Å². The molecule has 0 amide bonds. The second-order valence-corrected chi connectivity index (χ2v) is 2.44. The van der Waals surface area contributed by atoms with Gasteiger partial charge in [-0.05, 0) is 25.7 Å². The van der Waals surface area contributed by atoms with E-state index in [9.17, 15) is 0 Å². The second-order valence-electron chi connectivity index (χ2n) is 2.06. The number of rotatable bonds is 5. The monoisotopic (exact) mass is 146 g/mol. The van der Waals surface area contributed by atoms with E-state index >= 15 is 0 Å². The van der Waals surface area contributed by atoms with E-state index in [-0.39, 0.29) is 0 Å². The zero-order valence-corrected chi connectivity index (χ0v) is 6.82. The number of hydrogen-bond acceptors (Lipinski definition) is 0. The summed E-state index contributed by atoms with van der Waals surface area (Å²) in [5.41, 5.74) is 0. The molecule has 0 radical (unpaired) electrons. The summed E-state index contributed by atoms with van der Waals surface area (Å²) in [4.78, 5) is 0. The Morgan fingerprint density at radius 2 is 2.00 bits per heavy atom. The first-order valence-corrected chi connectivity index (χ1v) is 4.16. The van der Waals surface area contributed by atoms with Gasteiger partial charge in [0.2, 0.25) is 0 Å². The predicted octanol–water partition coefficient (Wildman–Crippen LogP) is 3.36. The third kappa shape index (κ3) is 8.03. The third-order valence-corrected chi connectivity index (χ3v) is 1.42. The standard InChI is InChI=1S/C8H15Cl/c1-2-3-4-5-6-7-8-9/h3-4H,2,5-8H2,1H3/b4-3+. The molecular weight excluding hydrogens is 132 g/mol. The predicted molar refractivity (Wildman–Crippen MR) is 44.0 cm³/mol. The molecule has 0 heterocycles. The van der Waals surface area contributed by atoms with Crippen molar-refractivity contribution < 1.29 is 0 Å². The molecule has 0 aromatic carbocycles. The Bertz CT molecular complexity index is 67.0. The van der Waals surface area contributed by atoms with E-state index in [4.69, 9.17) is 11.6 Å². The van der Waals surface area contributed by atoms with Gasteiger partial charge in [0.05, 0.1) is 0 Å². The molecule has 0 aromatic heterocycles.